The Labute approximate surface area is 125 Å². The van der Waals surface area contributed by atoms with Crippen molar-refractivity contribution in [2.75, 3.05) is 12.4 Å². The normalized spacial score (nSPS) is 11.7. The lowest BCUT2D eigenvalue weighted by Crippen LogP contribution is -2.20. The van der Waals surface area contributed by atoms with E-state index in [-0.39, 0.29) is 0 Å². The van der Waals surface area contributed by atoms with Gasteiger partial charge in [-0.2, -0.15) is 0 Å². The Morgan fingerprint density at radius 1 is 1.38 bits per heavy atom. The molecule has 0 saturated heterocycles. The molecule has 1 atom stereocenters. The number of esters is 1. The fourth-order valence-electron chi connectivity index (χ4n) is 1.83. The zero-order valence-corrected chi connectivity index (χ0v) is 12.3. The Morgan fingerprint density at radius 2 is 2.14 bits per heavy atom. The van der Waals surface area contributed by atoms with Crippen LogP contribution >= 0.6 is 11.3 Å². The number of pyridine rings is 1. The fraction of sp³-hybridized carbons (Fsp3) is 0.214. The monoisotopic (exact) mass is 306 g/mol. The van der Waals surface area contributed by atoms with Crippen molar-refractivity contribution in [3.63, 3.8) is 0 Å². The summed E-state index contributed by atoms with van der Waals surface area (Å²) in [7, 11) is 1.30. The number of hydrogen-bond donors (Lipinski definition) is 2. The first-order valence-corrected chi connectivity index (χ1v) is 6.99. The molecule has 2 N–H and O–H groups in total. The Bertz CT molecular complexity index is 655. The predicted molar refractivity (Wildman–Crippen MR) is 78.6 cm³/mol. The number of nitrogens with zero attached hydrogens (tertiary/aromatic N) is 1. The first kappa shape index (κ1) is 15.0. The number of aromatic nitrogens is 1. The average Bonchev–Trinajstić information content (AvgIpc) is 2.97. The number of carbonyl (C=O) groups is 2. The first-order chi connectivity index (χ1) is 10.0. The average molecular weight is 306 g/mol. The maximum absolute atomic E-state index is 11.5. The minimum Gasteiger partial charge on any atom is -0.479 e. The van der Waals surface area contributed by atoms with Crippen molar-refractivity contribution in [1.82, 2.24) is 4.98 Å². The SMILES string of the molecule is COC(=O)c1ccc(NC(C(=O)O)c2cccs2)nc1C. The van der Waals surface area contributed by atoms with Gasteiger partial charge >= 0.3 is 11.9 Å². The number of nitrogens with one attached hydrogen (secondary N) is 1. The van der Waals surface area contributed by atoms with Gasteiger partial charge < -0.3 is 15.2 Å². The van der Waals surface area contributed by atoms with Gasteiger partial charge in [0.1, 0.15) is 5.82 Å². The van der Waals surface area contributed by atoms with Gasteiger partial charge in [0.25, 0.3) is 0 Å². The number of aryl methyl sites for hydroxylation is 1. The fourth-order valence-corrected chi connectivity index (χ4v) is 2.59. The van der Waals surface area contributed by atoms with E-state index in [1.807, 2.05) is 5.38 Å². The quantitative estimate of drug-likeness (QED) is 0.825. The molecule has 6 nitrogen and oxygen atoms in total. The molecule has 21 heavy (non-hydrogen) atoms. The van der Waals surface area contributed by atoms with E-state index in [1.165, 1.54) is 18.4 Å². The molecule has 2 aromatic rings. The van der Waals surface area contributed by atoms with Gasteiger partial charge in [-0.1, -0.05) is 6.07 Å². The van der Waals surface area contributed by atoms with Crippen LogP contribution in [0.4, 0.5) is 5.82 Å². The van der Waals surface area contributed by atoms with Gasteiger partial charge in [-0.3, -0.25) is 0 Å². The molecule has 7 heteroatoms. The second-order valence-electron chi connectivity index (χ2n) is 4.25. The standard InChI is InChI=1S/C14H14N2O4S/c1-8-9(14(19)20-2)5-6-11(15-8)16-12(13(17)18)10-4-3-7-21-10/h3-7,12H,1-2H3,(H,15,16)(H,17,18). The van der Waals surface area contributed by atoms with Crippen LogP contribution in [0.25, 0.3) is 0 Å². The lowest BCUT2D eigenvalue weighted by atomic mass is 10.2. The molecule has 2 rings (SSSR count). The molecule has 2 aromatic heterocycles. The predicted octanol–water partition coefficient (Wildman–Crippen LogP) is 2.48. The van der Waals surface area contributed by atoms with Crippen LogP contribution in [-0.4, -0.2) is 29.1 Å². The molecule has 0 amide bonds. The van der Waals surface area contributed by atoms with Crippen molar-refractivity contribution in [3.05, 3.63) is 45.8 Å². The molecule has 110 valence electrons. The molecule has 0 spiro atoms. The second kappa shape index (κ2) is 6.36. The van der Waals surface area contributed by atoms with Gasteiger partial charge in [0.05, 0.1) is 18.4 Å². The Balaban J connectivity index is 2.24. The van der Waals surface area contributed by atoms with Gasteiger partial charge in [-0.25, -0.2) is 14.6 Å². The summed E-state index contributed by atoms with van der Waals surface area (Å²) in [6, 6.07) is 5.77. The van der Waals surface area contributed by atoms with E-state index in [4.69, 9.17) is 0 Å². The zero-order valence-electron chi connectivity index (χ0n) is 11.5. The maximum Gasteiger partial charge on any atom is 0.339 e. The molecule has 0 bridgehead atoms. The van der Waals surface area contributed by atoms with Crippen LogP contribution in [0.3, 0.4) is 0 Å². The smallest absolute Gasteiger partial charge is 0.339 e. The number of anilines is 1. The molecule has 1 unspecified atom stereocenters. The summed E-state index contributed by atoms with van der Waals surface area (Å²) in [6.07, 6.45) is 0. The molecule has 2 heterocycles. The highest BCUT2D eigenvalue weighted by Crippen LogP contribution is 2.23. The number of methoxy groups -OCH3 is 1. The summed E-state index contributed by atoms with van der Waals surface area (Å²) < 4.78 is 4.64. The van der Waals surface area contributed by atoms with E-state index in [2.05, 4.69) is 15.0 Å². The molecule has 0 radical (unpaired) electrons. The highest BCUT2D eigenvalue weighted by molar-refractivity contribution is 7.10. The highest BCUT2D eigenvalue weighted by Gasteiger charge is 2.21. The number of hydrogen-bond acceptors (Lipinski definition) is 6. The lowest BCUT2D eigenvalue weighted by Gasteiger charge is -2.14. The van der Waals surface area contributed by atoms with Crippen LogP contribution < -0.4 is 5.32 Å². The van der Waals surface area contributed by atoms with E-state index >= 15 is 0 Å². The van der Waals surface area contributed by atoms with Crippen molar-refractivity contribution in [3.8, 4) is 0 Å². The number of aliphatic carboxylic acids is 1. The number of carboxylic acids is 1. The largest absolute Gasteiger partial charge is 0.479 e. The molecule has 0 fully saturated rings. The van der Waals surface area contributed by atoms with Crippen molar-refractivity contribution >= 4 is 29.1 Å². The van der Waals surface area contributed by atoms with E-state index in [9.17, 15) is 14.7 Å². The summed E-state index contributed by atoms with van der Waals surface area (Å²) in [5.74, 6) is -1.07. The first-order valence-electron chi connectivity index (χ1n) is 6.11. The third kappa shape index (κ3) is 3.38. The Morgan fingerprint density at radius 3 is 2.67 bits per heavy atom. The van der Waals surface area contributed by atoms with Crippen molar-refractivity contribution in [1.29, 1.82) is 0 Å². The van der Waals surface area contributed by atoms with Crippen LogP contribution in [0.15, 0.2) is 29.6 Å². The molecule has 0 aliphatic carbocycles. The zero-order chi connectivity index (χ0) is 15.4. The van der Waals surface area contributed by atoms with Crippen LogP contribution in [0, 0.1) is 6.92 Å². The minimum absolute atomic E-state index is 0.353. The summed E-state index contributed by atoms with van der Waals surface area (Å²) in [4.78, 5) is 27.7. The third-order valence-corrected chi connectivity index (χ3v) is 3.80. The molecule has 0 aliphatic rings. The molecule has 0 saturated carbocycles. The molecule has 0 aromatic carbocycles. The van der Waals surface area contributed by atoms with E-state index < -0.39 is 18.0 Å². The highest BCUT2D eigenvalue weighted by atomic mass is 32.1. The van der Waals surface area contributed by atoms with Crippen LogP contribution in [0.1, 0.15) is 27.0 Å². The molecular weight excluding hydrogens is 292 g/mol. The summed E-state index contributed by atoms with van der Waals surface area (Å²) in [5.41, 5.74) is 0.827. The van der Waals surface area contributed by atoms with Gasteiger partial charge in [0.2, 0.25) is 0 Å². The van der Waals surface area contributed by atoms with Gasteiger partial charge in [-0.15, -0.1) is 11.3 Å². The number of thiophene rings is 1. The minimum atomic E-state index is -0.992. The van der Waals surface area contributed by atoms with Gasteiger partial charge in [0, 0.05) is 4.88 Å². The van der Waals surface area contributed by atoms with Gasteiger partial charge in [0.15, 0.2) is 6.04 Å². The Kier molecular flexibility index (Phi) is 4.54. The summed E-state index contributed by atoms with van der Waals surface area (Å²) >= 11 is 1.35. The van der Waals surface area contributed by atoms with E-state index in [0.29, 0.717) is 22.0 Å². The molecular formula is C14H14N2O4S. The number of rotatable bonds is 5. The number of carbonyl (C=O) groups excluding carboxylic acids is 1. The molecule has 0 aliphatic heterocycles. The third-order valence-electron chi connectivity index (χ3n) is 2.86. The van der Waals surface area contributed by atoms with Crippen molar-refractivity contribution in [2.24, 2.45) is 0 Å². The number of ether oxygens (including phenoxy) is 1. The van der Waals surface area contributed by atoms with E-state index in [1.54, 1.807) is 31.2 Å². The van der Waals surface area contributed by atoms with Crippen LogP contribution in [-0.2, 0) is 9.53 Å². The van der Waals surface area contributed by atoms with Crippen LogP contribution in [0.5, 0.6) is 0 Å². The lowest BCUT2D eigenvalue weighted by molar-refractivity contribution is -0.138. The van der Waals surface area contributed by atoms with Gasteiger partial charge in [-0.05, 0) is 30.5 Å². The summed E-state index contributed by atoms with van der Waals surface area (Å²) in [5, 5.41) is 14.0. The number of carboxylic acid groups (broad SMARTS) is 1. The second-order valence-corrected chi connectivity index (χ2v) is 5.23. The van der Waals surface area contributed by atoms with Crippen molar-refractivity contribution in [2.45, 2.75) is 13.0 Å². The topological polar surface area (TPSA) is 88.5 Å². The summed E-state index contributed by atoms with van der Waals surface area (Å²) in [6.45, 7) is 1.67. The maximum atomic E-state index is 11.5. The Hall–Kier alpha value is -2.41. The van der Waals surface area contributed by atoms with Crippen molar-refractivity contribution < 1.29 is 19.4 Å². The van der Waals surface area contributed by atoms with E-state index in [0.717, 1.165) is 0 Å². The van der Waals surface area contributed by atoms with Crippen LogP contribution in [0.2, 0.25) is 0 Å².